The SMILES string of the molecule is CCOP(=O)(/C=C/n1cc(C)c(=O)[nH]c1=O)OCC. The van der Waals surface area contributed by atoms with Crippen LogP contribution in [0.3, 0.4) is 0 Å². The minimum absolute atomic E-state index is 0.223. The summed E-state index contributed by atoms with van der Waals surface area (Å²) in [6.07, 6.45) is 2.61. The Morgan fingerprint density at radius 3 is 2.42 bits per heavy atom. The standard InChI is InChI=1S/C11H17N2O5P/c1-4-17-19(16,18-5-2)7-6-13-8-9(3)10(14)12-11(13)15/h6-8H,4-5H2,1-3H3,(H,12,14,15)/b7-6+. The van der Waals surface area contributed by atoms with Crippen LogP contribution < -0.4 is 11.2 Å². The van der Waals surface area contributed by atoms with E-state index in [9.17, 15) is 14.2 Å². The fourth-order valence-electron chi connectivity index (χ4n) is 1.33. The number of hydrogen-bond donors (Lipinski definition) is 1. The van der Waals surface area contributed by atoms with Gasteiger partial charge in [0.1, 0.15) is 0 Å². The topological polar surface area (TPSA) is 90.4 Å². The van der Waals surface area contributed by atoms with E-state index in [4.69, 9.17) is 9.05 Å². The van der Waals surface area contributed by atoms with Crippen molar-refractivity contribution in [3.63, 3.8) is 0 Å². The van der Waals surface area contributed by atoms with Crippen molar-refractivity contribution < 1.29 is 13.6 Å². The number of aromatic amines is 1. The lowest BCUT2D eigenvalue weighted by molar-refractivity contribution is 0.229. The summed E-state index contributed by atoms with van der Waals surface area (Å²) in [7, 11) is -3.36. The molecule has 0 aliphatic heterocycles. The van der Waals surface area contributed by atoms with Crippen LogP contribution >= 0.6 is 7.60 Å². The van der Waals surface area contributed by atoms with E-state index in [1.54, 1.807) is 20.8 Å². The zero-order chi connectivity index (χ0) is 14.5. The zero-order valence-electron chi connectivity index (χ0n) is 11.1. The molecule has 1 rings (SSSR count). The molecule has 0 aromatic carbocycles. The lowest BCUT2D eigenvalue weighted by Crippen LogP contribution is -2.28. The number of hydrogen-bond acceptors (Lipinski definition) is 5. The second kappa shape index (κ2) is 6.65. The molecule has 0 fully saturated rings. The van der Waals surface area contributed by atoms with Gasteiger partial charge in [-0.3, -0.25) is 18.9 Å². The summed E-state index contributed by atoms with van der Waals surface area (Å²) < 4.78 is 23.3. The third-order valence-electron chi connectivity index (χ3n) is 2.17. The van der Waals surface area contributed by atoms with E-state index in [0.29, 0.717) is 5.56 Å². The Hall–Kier alpha value is -1.43. The first kappa shape index (κ1) is 15.6. The van der Waals surface area contributed by atoms with Crippen LogP contribution in [0.15, 0.2) is 21.6 Å². The summed E-state index contributed by atoms with van der Waals surface area (Å²) in [4.78, 5) is 24.8. The van der Waals surface area contributed by atoms with Gasteiger partial charge < -0.3 is 9.05 Å². The van der Waals surface area contributed by atoms with Gasteiger partial charge >= 0.3 is 13.3 Å². The molecule has 7 nitrogen and oxygen atoms in total. The highest BCUT2D eigenvalue weighted by molar-refractivity contribution is 7.57. The Morgan fingerprint density at radius 1 is 1.32 bits per heavy atom. The second-order valence-electron chi connectivity index (χ2n) is 3.65. The van der Waals surface area contributed by atoms with Crippen LogP contribution in [-0.4, -0.2) is 22.8 Å². The van der Waals surface area contributed by atoms with Gasteiger partial charge in [0.05, 0.1) is 13.2 Å². The normalized spacial score (nSPS) is 12.2. The van der Waals surface area contributed by atoms with E-state index >= 15 is 0 Å². The summed E-state index contributed by atoms with van der Waals surface area (Å²) >= 11 is 0. The number of aryl methyl sites for hydroxylation is 1. The molecule has 0 aliphatic carbocycles. The number of nitrogens with zero attached hydrogens (tertiary/aromatic N) is 1. The third kappa shape index (κ3) is 4.31. The van der Waals surface area contributed by atoms with Gasteiger partial charge in [-0.1, -0.05) is 0 Å². The first-order valence-electron chi connectivity index (χ1n) is 5.82. The van der Waals surface area contributed by atoms with Gasteiger partial charge in [0.25, 0.3) is 5.56 Å². The van der Waals surface area contributed by atoms with Crippen molar-refractivity contribution >= 4 is 13.8 Å². The maximum atomic E-state index is 12.1. The lowest BCUT2D eigenvalue weighted by atomic mass is 10.4. The molecule has 0 unspecified atom stereocenters. The minimum atomic E-state index is -3.36. The predicted molar refractivity (Wildman–Crippen MR) is 72.2 cm³/mol. The van der Waals surface area contributed by atoms with Gasteiger partial charge in [0.15, 0.2) is 0 Å². The second-order valence-corrected chi connectivity index (χ2v) is 5.55. The molecule has 106 valence electrons. The molecule has 1 N–H and O–H groups in total. The van der Waals surface area contributed by atoms with Crippen LogP contribution in [-0.2, 0) is 13.6 Å². The summed E-state index contributed by atoms with van der Waals surface area (Å²) in [6.45, 7) is 5.39. The van der Waals surface area contributed by atoms with Crippen molar-refractivity contribution in [1.29, 1.82) is 0 Å². The largest absolute Gasteiger partial charge is 0.355 e. The summed E-state index contributed by atoms with van der Waals surface area (Å²) in [5.41, 5.74) is -0.703. The fraction of sp³-hybridized carbons (Fsp3) is 0.455. The highest BCUT2D eigenvalue weighted by Gasteiger charge is 2.19. The van der Waals surface area contributed by atoms with Crippen LogP contribution in [0.5, 0.6) is 0 Å². The molecule has 0 aliphatic rings. The molecule has 1 aromatic rings. The molecule has 0 radical (unpaired) electrons. The molecule has 0 saturated carbocycles. The maximum absolute atomic E-state index is 12.1. The van der Waals surface area contributed by atoms with Crippen molar-refractivity contribution in [2.24, 2.45) is 0 Å². The lowest BCUT2D eigenvalue weighted by Gasteiger charge is -2.12. The van der Waals surface area contributed by atoms with Gasteiger partial charge in [-0.25, -0.2) is 4.79 Å². The maximum Gasteiger partial charge on any atom is 0.355 e. The molecule has 0 bridgehead atoms. The summed E-state index contributed by atoms with van der Waals surface area (Å²) in [6, 6.07) is 0. The molecular weight excluding hydrogens is 271 g/mol. The molecule has 1 heterocycles. The van der Waals surface area contributed by atoms with E-state index in [2.05, 4.69) is 4.98 Å². The molecule has 19 heavy (non-hydrogen) atoms. The summed E-state index contributed by atoms with van der Waals surface area (Å²) in [5.74, 6) is 1.19. The van der Waals surface area contributed by atoms with Crippen molar-refractivity contribution in [3.8, 4) is 0 Å². The van der Waals surface area contributed by atoms with E-state index < -0.39 is 18.8 Å². The monoisotopic (exact) mass is 288 g/mol. The van der Waals surface area contributed by atoms with E-state index in [0.717, 1.165) is 4.57 Å². The molecule has 0 atom stereocenters. The van der Waals surface area contributed by atoms with E-state index in [-0.39, 0.29) is 13.2 Å². The predicted octanol–water partition coefficient (Wildman–Crippen LogP) is 1.54. The van der Waals surface area contributed by atoms with E-state index in [1.807, 2.05) is 0 Å². The van der Waals surface area contributed by atoms with Crippen LogP contribution in [0.25, 0.3) is 6.20 Å². The summed E-state index contributed by atoms with van der Waals surface area (Å²) in [5, 5.41) is 0. The quantitative estimate of drug-likeness (QED) is 0.802. The third-order valence-corrected chi connectivity index (χ3v) is 3.91. The Labute approximate surface area is 110 Å². The first-order chi connectivity index (χ1) is 8.91. The molecule has 8 heteroatoms. The molecule has 1 aromatic heterocycles. The van der Waals surface area contributed by atoms with Crippen LogP contribution in [0.4, 0.5) is 0 Å². The van der Waals surface area contributed by atoms with Crippen molar-refractivity contribution in [1.82, 2.24) is 9.55 Å². The van der Waals surface area contributed by atoms with Crippen molar-refractivity contribution in [3.05, 3.63) is 38.4 Å². The number of aromatic nitrogens is 2. The smallest absolute Gasteiger partial charge is 0.306 e. The van der Waals surface area contributed by atoms with Gasteiger partial charge in [0.2, 0.25) is 0 Å². The van der Waals surface area contributed by atoms with E-state index in [1.165, 1.54) is 18.2 Å². The van der Waals surface area contributed by atoms with Crippen molar-refractivity contribution in [2.45, 2.75) is 20.8 Å². The number of nitrogens with one attached hydrogen (secondary N) is 1. The fourth-order valence-corrected chi connectivity index (χ4v) is 2.61. The average molecular weight is 288 g/mol. The minimum Gasteiger partial charge on any atom is -0.306 e. The number of rotatable bonds is 6. The van der Waals surface area contributed by atoms with Gasteiger partial charge in [-0.2, -0.15) is 0 Å². The van der Waals surface area contributed by atoms with Crippen LogP contribution in [0.1, 0.15) is 19.4 Å². The van der Waals surface area contributed by atoms with Crippen molar-refractivity contribution in [2.75, 3.05) is 13.2 Å². The Kier molecular flexibility index (Phi) is 5.47. The van der Waals surface area contributed by atoms with Gasteiger partial charge in [0, 0.05) is 23.8 Å². The van der Waals surface area contributed by atoms with Crippen LogP contribution in [0.2, 0.25) is 0 Å². The van der Waals surface area contributed by atoms with Gasteiger partial charge in [-0.05, 0) is 20.8 Å². The van der Waals surface area contributed by atoms with Crippen LogP contribution in [0, 0.1) is 6.92 Å². The molecule has 0 spiro atoms. The Morgan fingerprint density at radius 2 is 1.89 bits per heavy atom. The Bertz CT molecular complexity index is 606. The zero-order valence-corrected chi connectivity index (χ0v) is 12.0. The highest BCUT2D eigenvalue weighted by Crippen LogP contribution is 2.49. The molecule has 0 saturated heterocycles. The molecular formula is C11H17N2O5P. The van der Waals surface area contributed by atoms with Gasteiger partial charge in [-0.15, -0.1) is 0 Å². The Balaban J connectivity index is 3.09. The first-order valence-corrected chi connectivity index (χ1v) is 7.43. The molecule has 0 amide bonds. The average Bonchev–Trinajstić information content (AvgIpc) is 2.33. The number of H-pyrrole nitrogens is 1. The highest BCUT2D eigenvalue weighted by atomic mass is 31.2.